The van der Waals surface area contributed by atoms with E-state index in [1.54, 1.807) is 0 Å². The number of benzene rings is 3. The number of halogens is 1. The van der Waals surface area contributed by atoms with E-state index >= 15 is 0 Å². The summed E-state index contributed by atoms with van der Waals surface area (Å²) in [7, 11) is 0. The summed E-state index contributed by atoms with van der Waals surface area (Å²) in [6.07, 6.45) is 4.36. The Labute approximate surface area is 181 Å². The van der Waals surface area contributed by atoms with Gasteiger partial charge in [0.05, 0.1) is 12.0 Å². The van der Waals surface area contributed by atoms with Gasteiger partial charge < -0.3 is 9.88 Å². The number of nitrogens with one attached hydrogen (secondary N) is 1. The van der Waals surface area contributed by atoms with Crippen LogP contribution in [0, 0.1) is 0 Å². The van der Waals surface area contributed by atoms with Crippen molar-refractivity contribution in [1.82, 2.24) is 14.9 Å². The first kappa shape index (κ1) is 20.5. The first-order valence-electron chi connectivity index (χ1n) is 10.3. The van der Waals surface area contributed by atoms with E-state index in [9.17, 15) is 9.18 Å². The van der Waals surface area contributed by atoms with Crippen LogP contribution in [0.15, 0.2) is 104 Å². The summed E-state index contributed by atoms with van der Waals surface area (Å²) in [5.41, 5.74) is 3.55. The summed E-state index contributed by atoms with van der Waals surface area (Å²) in [6, 6.07) is 31.0. The average molecular weight is 413 g/mol. The summed E-state index contributed by atoms with van der Waals surface area (Å²) < 4.78 is 14.5. The first-order chi connectivity index (χ1) is 15.2. The topological polar surface area (TPSA) is 46.9 Å². The molecule has 0 aliphatic carbocycles. The van der Waals surface area contributed by atoms with Crippen LogP contribution in [0.4, 0.5) is 4.39 Å². The van der Waals surface area contributed by atoms with Gasteiger partial charge in [-0.1, -0.05) is 91.0 Å². The van der Waals surface area contributed by atoms with Gasteiger partial charge in [-0.3, -0.25) is 4.79 Å². The minimum atomic E-state index is -1.01. The predicted molar refractivity (Wildman–Crippen MR) is 120 cm³/mol. The highest BCUT2D eigenvalue weighted by Crippen LogP contribution is 2.40. The first-order valence-corrected chi connectivity index (χ1v) is 10.3. The molecule has 0 unspecified atom stereocenters. The lowest BCUT2D eigenvalue weighted by Gasteiger charge is -2.37. The largest absolute Gasteiger partial charge is 0.353 e. The van der Waals surface area contributed by atoms with E-state index in [1.807, 2.05) is 67.1 Å². The number of amides is 1. The maximum atomic E-state index is 12.4. The second-order valence-corrected chi connectivity index (χ2v) is 7.31. The molecule has 1 heterocycles. The van der Waals surface area contributed by atoms with Crippen molar-refractivity contribution in [2.24, 2.45) is 0 Å². The van der Waals surface area contributed by atoms with Crippen molar-refractivity contribution in [2.75, 3.05) is 13.2 Å². The summed E-state index contributed by atoms with van der Waals surface area (Å²) in [5.74, 6) is -0.605. The monoisotopic (exact) mass is 413 g/mol. The van der Waals surface area contributed by atoms with E-state index in [1.165, 1.54) is 0 Å². The number of hydrogen-bond acceptors (Lipinski definition) is 2. The third kappa shape index (κ3) is 4.12. The normalized spacial score (nSPS) is 11.3. The molecule has 1 aromatic heterocycles. The molecule has 31 heavy (non-hydrogen) atoms. The molecule has 1 N–H and O–H groups in total. The fourth-order valence-corrected chi connectivity index (χ4v) is 4.04. The zero-order valence-electron chi connectivity index (χ0n) is 17.1. The maximum Gasteiger partial charge on any atom is 0.251 e. The molecule has 0 fully saturated rings. The van der Waals surface area contributed by atoms with E-state index in [-0.39, 0.29) is 0 Å². The van der Waals surface area contributed by atoms with Crippen molar-refractivity contribution in [3.63, 3.8) is 0 Å². The predicted octanol–water partition coefficient (Wildman–Crippen LogP) is 4.35. The van der Waals surface area contributed by atoms with Crippen LogP contribution in [-0.4, -0.2) is 28.7 Å². The van der Waals surface area contributed by atoms with Crippen molar-refractivity contribution in [1.29, 1.82) is 0 Å². The summed E-state index contributed by atoms with van der Waals surface area (Å²) >= 11 is 0. The Morgan fingerprint density at radius 2 is 1.32 bits per heavy atom. The fraction of sp³-hybridized carbons (Fsp3) is 0.154. The van der Waals surface area contributed by atoms with Gasteiger partial charge in [0.1, 0.15) is 5.54 Å². The van der Waals surface area contributed by atoms with Crippen molar-refractivity contribution in [3.05, 3.63) is 126 Å². The van der Waals surface area contributed by atoms with E-state index < -0.39 is 18.1 Å². The molecule has 5 heteroatoms. The molecule has 4 nitrogen and oxygen atoms in total. The highest BCUT2D eigenvalue weighted by Gasteiger charge is 2.38. The van der Waals surface area contributed by atoms with E-state index in [4.69, 9.17) is 0 Å². The zero-order chi connectivity index (χ0) is 21.5. The molecule has 3 aromatic carbocycles. The summed E-state index contributed by atoms with van der Waals surface area (Å²) in [5, 5.41) is 2.56. The zero-order valence-corrected chi connectivity index (χ0v) is 17.1. The van der Waals surface area contributed by atoms with Gasteiger partial charge in [0.15, 0.2) is 6.67 Å². The molecule has 0 aliphatic rings. The Kier molecular flexibility index (Phi) is 6.22. The molecule has 0 bridgehead atoms. The van der Waals surface area contributed by atoms with Crippen molar-refractivity contribution in [3.8, 4) is 0 Å². The van der Waals surface area contributed by atoms with Gasteiger partial charge in [-0.25, -0.2) is 9.37 Å². The lowest BCUT2D eigenvalue weighted by molar-refractivity contribution is -0.121. The SMILES string of the molecule is O=C(CF)NCCc1cn(C(c2ccccc2)(c2ccccc2)c2ccccc2)cn1. The van der Waals surface area contributed by atoms with Crippen LogP contribution in [0.25, 0.3) is 0 Å². The molecule has 0 radical (unpaired) electrons. The lowest BCUT2D eigenvalue weighted by atomic mass is 9.77. The van der Waals surface area contributed by atoms with E-state index in [0.29, 0.717) is 13.0 Å². The van der Waals surface area contributed by atoms with Gasteiger partial charge in [0.25, 0.3) is 5.91 Å². The van der Waals surface area contributed by atoms with Gasteiger partial charge >= 0.3 is 0 Å². The third-order valence-corrected chi connectivity index (χ3v) is 5.42. The molecule has 0 spiro atoms. The van der Waals surface area contributed by atoms with Crippen LogP contribution in [0.1, 0.15) is 22.4 Å². The molecule has 1 amide bonds. The van der Waals surface area contributed by atoms with Crippen molar-refractivity contribution in [2.45, 2.75) is 12.0 Å². The quantitative estimate of drug-likeness (QED) is 0.437. The van der Waals surface area contributed by atoms with Crippen molar-refractivity contribution >= 4 is 5.91 Å². The minimum absolute atomic E-state index is 0.342. The summed E-state index contributed by atoms with van der Waals surface area (Å²) in [4.78, 5) is 15.8. The molecule has 0 aliphatic heterocycles. The highest BCUT2D eigenvalue weighted by atomic mass is 19.1. The van der Waals surface area contributed by atoms with Crippen LogP contribution in [0.3, 0.4) is 0 Å². The Hall–Kier alpha value is -3.73. The molecule has 156 valence electrons. The number of alkyl halides is 1. The summed E-state index contributed by atoms with van der Waals surface area (Å²) in [6.45, 7) is -0.664. The van der Waals surface area contributed by atoms with Gasteiger partial charge in [-0.05, 0) is 16.7 Å². The van der Waals surface area contributed by atoms with Gasteiger partial charge in [-0.2, -0.15) is 0 Å². The Bertz CT molecular complexity index is 1010. The Morgan fingerprint density at radius 1 is 0.839 bits per heavy atom. The van der Waals surface area contributed by atoms with Crippen LogP contribution >= 0.6 is 0 Å². The maximum absolute atomic E-state index is 12.4. The Morgan fingerprint density at radius 3 is 1.77 bits per heavy atom. The number of nitrogens with zero attached hydrogens (tertiary/aromatic N) is 2. The Balaban J connectivity index is 1.85. The van der Waals surface area contributed by atoms with E-state index in [0.717, 1.165) is 22.4 Å². The minimum Gasteiger partial charge on any atom is -0.353 e. The number of aromatic nitrogens is 2. The van der Waals surface area contributed by atoms with E-state index in [2.05, 4.69) is 51.3 Å². The van der Waals surface area contributed by atoms with Crippen LogP contribution < -0.4 is 5.32 Å². The number of carbonyl (C=O) groups is 1. The highest BCUT2D eigenvalue weighted by molar-refractivity contribution is 5.76. The molecular formula is C26H24FN3O. The fourth-order valence-electron chi connectivity index (χ4n) is 4.04. The van der Waals surface area contributed by atoms with Crippen LogP contribution in [-0.2, 0) is 16.8 Å². The second kappa shape index (κ2) is 9.39. The van der Waals surface area contributed by atoms with Crippen LogP contribution in [0.2, 0.25) is 0 Å². The lowest BCUT2D eigenvalue weighted by Crippen LogP contribution is -2.37. The van der Waals surface area contributed by atoms with Gasteiger partial charge in [-0.15, -0.1) is 0 Å². The van der Waals surface area contributed by atoms with Gasteiger partial charge in [0, 0.05) is 19.2 Å². The van der Waals surface area contributed by atoms with Crippen molar-refractivity contribution < 1.29 is 9.18 Å². The molecule has 4 rings (SSSR count). The number of imidazole rings is 1. The molecule has 0 atom stereocenters. The average Bonchev–Trinajstić information content (AvgIpc) is 3.30. The smallest absolute Gasteiger partial charge is 0.251 e. The molecule has 0 saturated heterocycles. The number of hydrogen-bond donors (Lipinski definition) is 1. The van der Waals surface area contributed by atoms with Crippen LogP contribution in [0.5, 0.6) is 0 Å². The third-order valence-electron chi connectivity index (χ3n) is 5.42. The standard InChI is InChI=1S/C26H24FN3O/c27-18-25(31)28-17-16-24-19-30(20-29-24)26(21-10-4-1-5-11-21,22-12-6-2-7-13-22)23-14-8-3-9-15-23/h1-15,19-20H,16-18H2,(H,28,31). The molecule has 4 aromatic rings. The number of rotatable bonds is 8. The number of carbonyl (C=O) groups excluding carboxylic acids is 1. The molecular weight excluding hydrogens is 389 g/mol. The molecule has 0 saturated carbocycles. The van der Waals surface area contributed by atoms with Gasteiger partial charge in [0.2, 0.25) is 0 Å². The second-order valence-electron chi connectivity index (χ2n) is 7.31.